The molecule has 2 N–H and O–H groups in total. The number of rotatable bonds is 6. The van der Waals surface area contributed by atoms with Crippen LogP contribution in [0.15, 0.2) is 22.5 Å². The van der Waals surface area contributed by atoms with E-state index in [4.69, 9.17) is 0 Å². The molecule has 0 amide bonds. The van der Waals surface area contributed by atoms with Crippen LogP contribution >= 0.6 is 35.3 Å². The number of nitrogens with one attached hydrogen (secondary N) is 2. The van der Waals surface area contributed by atoms with Crippen LogP contribution in [-0.4, -0.2) is 50.8 Å². The summed E-state index contributed by atoms with van der Waals surface area (Å²) < 4.78 is 36.4. The van der Waals surface area contributed by atoms with Gasteiger partial charge in [0.2, 0.25) is 0 Å². The number of alkyl halides is 3. The highest BCUT2D eigenvalue weighted by Crippen LogP contribution is 2.14. The highest BCUT2D eigenvalue weighted by Gasteiger charge is 2.28. The first kappa shape index (κ1) is 20.5. The highest BCUT2D eigenvalue weighted by molar-refractivity contribution is 14.0. The summed E-state index contributed by atoms with van der Waals surface area (Å²) in [5.41, 5.74) is 0. The Kier molecular flexibility index (Phi) is 9.95. The van der Waals surface area contributed by atoms with Gasteiger partial charge in [-0.1, -0.05) is 6.07 Å². The molecule has 122 valence electrons. The molecular formula is C12H20F3IN4S. The van der Waals surface area contributed by atoms with Crippen LogP contribution in [-0.2, 0) is 6.54 Å². The number of hydrogen-bond donors (Lipinski definition) is 2. The van der Waals surface area contributed by atoms with Crippen molar-refractivity contribution in [3.05, 3.63) is 22.4 Å². The largest absolute Gasteiger partial charge is 0.401 e. The molecule has 1 heterocycles. The van der Waals surface area contributed by atoms with Crippen LogP contribution in [0.4, 0.5) is 13.2 Å². The summed E-state index contributed by atoms with van der Waals surface area (Å²) in [5, 5.41) is 8.07. The van der Waals surface area contributed by atoms with Crippen molar-refractivity contribution < 1.29 is 13.2 Å². The predicted octanol–water partition coefficient (Wildman–Crippen LogP) is 2.53. The molecule has 0 unspecified atom stereocenters. The number of halogens is 4. The lowest BCUT2D eigenvalue weighted by molar-refractivity contribution is -0.142. The second-order valence-corrected chi connectivity index (χ2v) is 5.32. The summed E-state index contributed by atoms with van der Waals surface area (Å²) in [6.07, 6.45) is -4.16. The first-order valence-corrected chi connectivity index (χ1v) is 7.01. The summed E-state index contributed by atoms with van der Waals surface area (Å²) in [6, 6.07) is 3.96. The van der Waals surface area contributed by atoms with E-state index in [0.29, 0.717) is 25.6 Å². The van der Waals surface area contributed by atoms with Gasteiger partial charge in [0.1, 0.15) is 0 Å². The van der Waals surface area contributed by atoms with Gasteiger partial charge in [0.05, 0.1) is 13.1 Å². The zero-order valence-corrected chi connectivity index (χ0v) is 15.1. The molecule has 0 aliphatic heterocycles. The molecule has 21 heavy (non-hydrogen) atoms. The van der Waals surface area contributed by atoms with E-state index in [9.17, 15) is 13.2 Å². The second kappa shape index (κ2) is 10.2. The summed E-state index contributed by atoms with van der Waals surface area (Å²) in [6.45, 7) is 0.432. The maximum atomic E-state index is 12.1. The van der Waals surface area contributed by atoms with Gasteiger partial charge < -0.3 is 10.6 Å². The molecule has 0 aliphatic rings. The molecule has 0 radical (unpaired) electrons. The first-order chi connectivity index (χ1) is 9.40. The van der Waals surface area contributed by atoms with Crippen molar-refractivity contribution in [2.75, 3.05) is 33.7 Å². The Balaban J connectivity index is 0.00000400. The van der Waals surface area contributed by atoms with Crippen LogP contribution in [0.25, 0.3) is 0 Å². The van der Waals surface area contributed by atoms with Crippen LogP contribution in [0, 0.1) is 0 Å². The fourth-order valence-electron chi connectivity index (χ4n) is 1.55. The van der Waals surface area contributed by atoms with E-state index < -0.39 is 12.7 Å². The third-order valence-electron chi connectivity index (χ3n) is 2.47. The van der Waals surface area contributed by atoms with Crippen molar-refractivity contribution in [1.82, 2.24) is 15.5 Å². The van der Waals surface area contributed by atoms with Crippen molar-refractivity contribution in [1.29, 1.82) is 0 Å². The average molecular weight is 436 g/mol. The molecule has 1 rings (SSSR count). The smallest absolute Gasteiger partial charge is 0.355 e. The van der Waals surface area contributed by atoms with E-state index in [1.807, 2.05) is 17.5 Å². The zero-order chi connectivity index (χ0) is 15.0. The van der Waals surface area contributed by atoms with Gasteiger partial charge in [-0.3, -0.25) is 9.89 Å². The lowest BCUT2D eigenvalue weighted by atomic mass is 10.4. The highest BCUT2D eigenvalue weighted by atomic mass is 127. The quantitative estimate of drug-likeness (QED) is 0.409. The Morgan fingerprint density at radius 1 is 1.38 bits per heavy atom. The Hall–Kier alpha value is -0.550. The minimum Gasteiger partial charge on any atom is -0.355 e. The van der Waals surface area contributed by atoms with E-state index in [-0.39, 0.29) is 24.0 Å². The Bertz CT molecular complexity index is 409. The fourth-order valence-corrected chi connectivity index (χ4v) is 2.20. The second-order valence-electron chi connectivity index (χ2n) is 4.28. The normalized spacial score (nSPS) is 12.2. The number of aliphatic imine (C=N–C) groups is 1. The van der Waals surface area contributed by atoms with Gasteiger partial charge in [0, 0.05) is 25.0 Å². The molecule has 0 saturated carbocycles. The Labute approximate surface area is 143 Å². The van der Waals surface area contributed by atoms with E-state index in [2.05, 4.69) is 15.6 Å². The van der Waals surface area contributed by atoms with E-state index in [1.165, 1.54) is 16.8 Å². The maximum Gasteiger partial charge on any atom is 0.401 e. The number of likely N-dealkylation sites (N-methyl/N-ethyl adjacent to an activating group) is 1. The molecule has 0 saturated heterocycles. The van der Waals surface area contributed by atoms with Gasteiger partial charge in [-0.05, 0) is 18.5 Å². The fraction of sp³-hybridized carbons (Fsp3) is 0.583. The van der Waals surface area contributed by atoms with Crippen LogP contribution in [0.3, 0.4) is 0 Å². The van der Waals surface area contributed by atoms with Crippen LogP contribution in [0.1, 0.15) is 4.88 Å². The van der Waals surface area contributed by atoms with Gasteiger partial charge >= 0.3 is 6.18 Å². The Morgan fingerprint density at radius 2 is 2.10 bits per heavy atom. The van der Waals surface area contributed by atoms with Crippen LogP contribution in [0.2, 0.25) is 0 Å². The molecule has 1 aromatic rings. The minimum absolute atomic E-state index is 0. The SMILES string of the molecule is CN=C(NCCN(C)CC(F)(F)F)NCc1cccs1.I. The number of hydrogen-bond acceptors (Lipinski definition) is 3. The molecule has 9 heteroatoms. The van der Waals surface area contributed by atoms with E-state index in [0.717, 1.165) is 0 Å². The molecule has 0 aromatic carbocycles. The lowest BCUT2D eigenvalue weighted by Crippen LogP contribution is -2.42. The topological polar surface area (TPSA) is 39.7 Å². The predicted molar refractivity (Wildman–Crippen MR) is 91.5 cm³/mol. The molecule has 0 spiro atoms. The lowest BCUT2D eigenvalue weighted by Gasteiger charge is -2.19. The van der Waals surface area contributed by atoms with Crippen molar-refractivity contribution in [2.45, 2.75) is 12.7 Å². The summed E-state index contributed by atoms with van der Waals surface area (Å²) in [4.78, 5) is 6.41. The number of guanidine groups is 1. The molecular weight excluding hydrogens is 416 g/mol. The summed E-state index contributed by atoms with van der Waals surface area (Å²) >= 11 is 1.63. The summed E-state index contributed by atoms with van der Waals surface area (Å²) in [5.74, 6) is 0.582. The zero-order valence-electron chi connectivity index (χ0n) is 11.9. The molecule has 0 bridgehead atoms. The molecule has 0 fully saturated rings. The summed E-state index contributed by atoms with van der Waals surface area (Å²) in [7, 11) is 3.07. The molecule has 4 nitrogen and oxygen atoms in total. The number of thiophene rings is 1. The average Bonchev–Trinajstić information content (AvgIpc) is 2.84. The molecule has 0 aliphatic carbocycles. The van der Waals surface area contributed by atoms with Crippen LogP contribution < -0.4 is 10.6 Å². The standard InChI is InChI=1S/C12H19F3N4S.HI/c1-16-11(18-8-10-4-3-7-20-10)17-5-6-19(2)9-12(13,14)15;/h3-4,7H,5-6,8-9H2,1-2H3,(H2,16,17,18);1H. The van der Waals surface area contributed by atoms with Gasteiger partial charge in [-0.15, -0.1) is 35.3 Å². The van der Waals surface area contributed by atoms with Crippen molar-refractivity contribution >= 4 is 41.3 Å². The van der Waals surface area contributed by atoms with Crippen molar-refractivity contribution in [3.63, 3.8) is 0 Å². The van der Waals surface area contributed by atoms with Crippen molar-refractivity contribution in [2.24, 2.45) is 4.99 Å². The number of nitrogens with zero attached hydrogens (tertiary/aromatic N) is 2. The molecule has 0 atom stereocenters. The Morgan fingerprint density at radius 3 is 2.62 bits per heavy atom. The minimum atomic E-state index is -4.16. The molecule has 1 aromatic heterocycles. The van der Waals surface area contributed by atoms with Gasteiger partial charge in [-0.25, -0.2) is 0 Å². The van der Waals surface area contributed by atoms with Gasteiger partial charge in [-0.2, -0.15) is 13.2 Å². The third kappa shape index (κ3) is 9.91. The monoisotopic (exact) mass is 436 g/mol. The van der Waals surface area contributed by atoms with Gasteiger partial charge in [0.15, 0.2) is 5.96 Å². The first-order valence-electron chi connectivity index (χ1n) is 6.13. The van der Waals surface area contributed by atoms with Crippen molar-refractivity contribution in [3.8, 4) is 0 Å². The van der Waals surface area contributed by atoms with Gasteiger partial charge in [0.25, 0.3) is 0 Å². The van der Waals surface area contributed by atoms with Crippen LogP contribution in [0.5, 0.6) is 0 Å². The van der Waals surface area contributed by atoms with E-state index >= 15 is 0 Å². The van der Waals surface area contributed by atoms with E-state index in [1.54, 1.807) is 18.4 Å². The maximum absolute atomic E-state index is 12.1. The third-order valence-corrected chi connectivity index (χ3v) is 3.35.